The van der Waals surface area contributed by atoms with Gasteiger partial charge in [-0.2, -0.15) is 0 Å². The van der Waals surface area contributed by atoms with E-state index < -0.39 is 15.5 Å². The van der Waals surface area contributed by atoms with E-state index in [-0.39, 0.29) is 22.5 Å². The second-order valence-electron chi connectivity index (χ2n) is 3.24. The van der Waals surface area contributed by atoms with E-state index in [0.717, 1.165) is 6.07 Å². The molecule has 0 aliphatic heterocycles. The number of azide groups is 1. The van der Waals surface area contributed by atoms with Gasteiger partial charge >= 0.3 is 0 Å². The summed E-state index contributed by atoms with van der Waals surface area (Å²) in [5.41, 5.74) is 7.27. The molecule has 0 saturated heterocycles. The quantitative estimate of drug-likeness (QED) is 0.262. The van der Waals surface area contributed by atoms with Crippen LogP contribution in [-0.2, 0) is 0 Å². The predicted molar refractivity (Wildman–Crippen MR) is 58.0 cm³/mol. The van der Waals surface area contributed by atoms with Crippen LogP contribution in [0.5, 0.6) is 0 Å². The van der Waals surface area contributed by atoms with Gasteiger partial charge in [-0.3, -0.25) is 20.2 Å². The van der Waals surface area contributed by atoms with Crippen molar-refractivity contribution < 1.29 is 9.85 Å². The lowest BCUT2D eigenvalue weighted by Gasteiger charge is -2.04. The summed E-state index contributed by atoms with van der Waals surface area (Å²) in [4.78, 5) is 22.5. The number of aryl methyl sites for hydroxylation is 1. The van der Waals surface area contributed by atoms with Crippen LogP contribution in [0, 0.1) is 34.1 Å². The van der Waals surface area contributed by atoms with Crippen LogP contribution in [0.3, 0.4) is 0 Å². The van der Waals surface area contributed by atoms with E-state index in [1.165, 1.54) is 13.8 Å². The molecular weight excluding hydrogens is 230 g/mol. The standard InChI is InChI=1S/C8H7N5O4/c1-4-3-6(10-11-9)8(13(16)17)5(2)7(4)12(14)15/h3H,1-2H3. The zero-order valence-electron chi connectivity index (χ0n) is 8.95. The van der Waals surface area contributed by atoms with Gasteiger partial charge in [-0.05, 0) is 25.4 Å². The molecule has 0 spiro atoms. The Morgan fingerprint density at radius 3 is 2.18 bits per heavy atom. The summed E-state index contributed by atoms with van der Waals surface area (Å²) >= 11 is 0. The topological polar surface area (TPSA) is 135 Å². The van der Waals surface area contributed by atoms with Crippen molar-refractivity contribution in [3.8, 4) is 0 Å². The highest BCUT2D eigenvalue weighted by Gasteiger charge is 2.27. The highest BCUT2D eigenvalue weighted by molar-refractivity contribution is 5.70. The lowest BCUT2D eigenvalue weighted by atomic mass is 10.1. The number of rotatable bonds is 3. The monoisotopic (exact) mass is 237 g/mol. The van der Waals surface area contributed by atoms with E-state index in [1.54, 1.807) is 0 Å². The molecule has 0 aliphatic rings. The zero-order valence-corrected chi connectivity index (χ0v) is 8.95. The van der Waals surface area contributed by atoms with Gasteiger partial charge in [0.1, 0.15) is 11.3 Å². The van der Waals surface area contributed by atoms with Gasteiger partial charge in [0, 0.05) is 10.5 Å². The van der Waals surface area contributed by atoms with E-state index >= 15 is 0 Å². The lowest BCUT2D eigenvalue weighted by molar-refractivity contribution is -0.395. The molecule has 0 amide bonds. The van der Waals surface area contributed by atoms with Gasteiger partial charge in [-0.15, -0.1) is 0 Å². The first-order valence-corrected chi connectivity index (χ1v) is 4.38. The van der Waals surface area contributed by atoms with Crippen LogP contribution in [0.2, 0.25) is 0 Å². The van der Waals surface area contributed by atoms with Crippen molar-refractivity contribution in [3.63, 3.8) is 0 Å². The lowest BCUT2D eigenvalue weighted by Crippen LogP contribution is -2.00. The largest absolute Gasteiger partial charge is 0.288 e. The number of nitrogens with zero attached hydrogens (tertiary/aromatic N) is 5. The first-order chi connectivity index (χ1) is 7.90. The molecule has 0 atom stereocenters. The van der Waals surface area contributed by atoms with E-state index in [9.17, 15) is 20.2 Å². The van der Waals surface area contributed by atoms with Crippen molar-refractivity contribution >= 4 is 17.1 Å². The third-order valence-electron chi connectivity index (χ3n) is 2.20. The van der Waals surface area contributed by atoms with Crippen molar-refractivity contribution in [2.24, 2.45) is 5.11 Å². The van der Waals surface area contributed by atoms with Gasteiger partial charge in [-0.25, -0.2) is 0 Å². The van der Waals surface area contributed by atoms with Crippen molar-refractivity contribution in [2.75, 3.05) is 0 Å². The summed E-state index contributed by atoms with van der Waals surface area (Å²) in [7, 11) is 0. The molecule has 1 aromatic rings. The van der Waals surface area contributed by atoms with E-state index in [1.807, 2.05) is 0 Å². The van der Waals surface area contributed by atoms with Gasteiger partial charge in [0.2, 0.25) is 0 Å². The summed E-state index contributed by atoms with van der Waals surface area (Å²) in [5.74, 6) is 0. The van der Waals surface area contributed by atoms with Gasteiger partial charge in [0.15, 0.2) is 0 Å². The molecule has 0 aliphatic carbocycles. The van der Waals surface area contributed by atoms with Crippen LogP contribution in [0.15, 0.2) is 11.2 Å². The van der Waals surface area contributed by atoms with Gasteiger partial charge in [-0.1, -0.05) is 5.11 Å². The molecule has 0 unspecified atom stereocenters. The molecule has 0 saturated carbocycles. The van der Waals surface area contributed by atoms with Crippen LogP contribution in [-0.4, -0.2) is 9.85 Å². The van der Waals surface area contributed by atoms with Gasteiger partial charge in [0.25, 0.3) is 11.4 Å². The normalized spacial score (nSPS) is 9.53. The Hall–Kier alpha value is -2.67. The fourth-order valence-electron chi connectivity index (χ4n) is 1.58. The molecule has 9 nitrogen and oxygen atoms in total. The highest BCUT2D eigenvalue weighted by atomic mass is 16.6. The average Bonchev–Trinajstić information content (AvgIpc) is 2.15. The number of benzene rings is 1. The third kappa shape index (κ3) is 2.13. The number of hydrogen-bond acceptors (Lipinski definition) is 5. The molecule has 9 heteroatoms. The van der Waals surface area contributed by atoms with Gasteiger partial charge < -0.3 is 0 Å². The summed E-state index contributed by atoms with van der Waals surface area (Å²) in [6.45, 7) is 2.67. The highest BCUT2D eigenvalue weighted by Crippen LogP contribution is 2.38. The fraction of sp³-hybridized carbons (Fsp3) is 0.250. The Morgan fingerprint density at radius 1 is 1.24 bits per heavy atom. The maximum Gasteiger partial charge on any atom is 0.288 e. The van der Waals surface area contributed by atoms with Crippen LogP contribution in [0.25, 0.3) is 10.4 Å². The fourth-order valence-corrected chi connectivity index (χ4v) is 1.58. The van der Waals surface area contributed by atoms with E-state index in [0.29, 0.717) is 0 Å². The Kier molecular flexibility index (Phi) is 3.25. The number of nitro benzene ring substituents is 2. The Morgan fingerprint density at radius 2 is 1.76 bits per heavy atom. The molecule has 0 bridgehead atoms. The smallest absolute Gasteiger partial charge is 0.258 e. The first-order valence-electron chi connectivity index (χ1n) is 4.38. The molecule has 0 aromatic heterocycles. The van der Waals surface area contributed by atoms with Crippen molar-refractivity contribution in [1.29, 1.82) is 0 Å². The average molecular weight is 237 g/mol. The molecule has 88 valence electrons. The molecule has 1 rings (SSSR count). The van der Waals surface area contributed by atoms with Gasteiger partial charge in [0.05, 0.1) is 9.85 Å². The van der Waals surface area contributed by atoms with Crippen molar-refractivity contribution in [1.82, 2.24) is 0 Å². The maximum absolute atomic E-state index is 10.8. The third-order valence-corrected chi connectivity index (χ3v) is 2.20. The Balaban J connectivity index is 3.75. The maximum atomic E-state index is 10.8. The molecular formula is C8H7N5O4. The predicted octanol–water partition coefficient (Wildman–Crippen LogP) is 3.06. The van der Waals surface area contributed by atoms with Crippen LogP contribution < -0.4 is 0 Å². The molecule has 1 aromatic carbocycles. The second-order valence-corrected chi connectivity index (χ2v) is 3.24. The SMILES string of the molecule is Cc1cc(N=[N+]=[N-])c([N+](=O)[O-])c(C)c1[N+](=O)[O-]. The molecule has 17 heavy (non-hydrogen) atoms. The first kappa shape index (κ1) is 12.4. The van der Waals surface area contributed by atoms with Crippen molar-refractivity contribution in [3.05, 3.63) is 47.9 Å². The van der Waals surface area contributed by atoms with Crippen LogP contribution in [0.1, 0.15) is 11.1 Å². The van der Waals surface area contributed by atoms with Crippen molar-refractivity contribution in [2.45, 2.75) is 13.8 Å². The molecule has 0 fully saturated rings. The minimum absolute atomic E-state index is 0.123. The molecule has 0 radical (unpaired) electrons. The minimum atomic E-state index is -0.800. The summed E-state index contributed by atoms with van der Waals surface area (Å²) in [6.07, 6.45) is 0. The molecule has 0 N–H and O–H groups in total. The summed E-state index contributed by atoms with van der Waals surface area (Å²) in [6, 6.07) is 1.13. The number of hydrogen-bond donors (Lipinski definition) is 0. The van der Waals surface area contributed by atoms with Crippen LogP contribution in [0.4, 0.5) is 17.1 Å². The minimum Gasteiger partial charge on any atom is -0.258 e. The molecule has 0 heterocycles. The zero-order chi connectivity index (χ0) is 13.2. The second kappa shape index (κ2) is 4.45. The van der Waals surface area contributed by atoms with Crippen LogP contribution >= 0.6 is 0 Å². The summed E-state index contributed by atoms with van der Waals surface area (Å²) < 4.78 is 0. The number of nitro groups is 2. The summed E-state index contributed by atoms with van der Waals surface area (Å²) in [5, 5.41) is 24.7. The Bertz CT molecular complexity index is 562. The van der Waals surface area contributed by atoms with E-state index in [2.05, 4.69) is 10.0 Å². The van der Waals surface area contributed by atoms with E-state index in [4.69, 9.17) is 5.53 Å². The Labute approximate surface area is 94.6 Å².